The van der Waals surface area contributed by atoms with Crippen molar-refractivity contribution in [2.24, 2.45) is 0 Å². The van der Waals surface area contributed by atoms with Gasteiger partial charge in [0, 0.05) is 26.2 Å². The van der Waals surface area contributed by atoms with Gasteiger partial charge in [-0.25, -0.2) is 0 Å². The number of ether oxygens (including phenoxy) is 1. The molecule has 2 heterocycles. The molecule has 0 aliphatic carbocycles. The zero-order valence-electron chi connectivity index (χ0n) is 11.7. The molecule has 1 aromatic carbocycles. The predicted octanol–water partition coefficient (Wildman–Crippen LogP) is 1.85. The number of piperazine rings is 1. The molecule has 2 aliphatic heterocycles. The van der Waals surface area contributed by atoms with Crippen molar-refractivity contribution >= 4 is 0 Å². The van der Waals surface area contributed by atoms with Crippen molar-refractivity contribution in [2.45, 2.75) is 25.7 Å². The fraction of sp³-hybridized carbons (Fsp3) is 0.625. The lowest BCUT2D eigenvalue weighted by Gasteiger charge is -2.27. The van der Waals surface area contributed by atoms with Gasteiger partial charge in [-0.05, 0) is 49.4 Å². The van der Waals surface area contributed by atoms with Gasteiger partial charge in [0.15, 0.2) is 0 Å². The molecule has 0 unspecified atom stereocenters. The highest BCUT2D eigenvalue weighted by atomic mass is 16.5. The Balaban J connectivity index is 1.49. The fourth-order valence-corrected chi connectivity index (χ4v) is 3.01. The Hall–Kier alpha value is -1.06. The zero-order chi connectivity index (χ0) is 12.9. The summed E-state index contributed by atoms with van der Waals surface area (Å²) in [5.41, 5.74) is 2.88. The molecule has 3 heteroatoms. The third kappa shape index (κ3) is 3.48. The molecule has 0 radical (unpaired) electrons. The summed E-state index contributed by atoms with van der Waals surface area (Å²) < 4.78 is 5.66. The first-order valence-corrected chi connectivity index (χ1v) is 7.59. The molecule has 3 nitrogen and oxygen atoms in total. The van der Waals surface area contributed by atoms with E-state index in [4.69, 9.17) is 4.74 Å². The highest BCUT2D eigenvalue weighted by molar-refractivity contribution is 5.38. The van der Waals surface area contributed by atoms with Crippen LogP contribution >= 0.6 is 0 Å². The molecule has 1 saturated heterocycles. The third-order valence-electron chi connectivity index (χ3n) is 4.12. The van der Waals surface area contributed by atoms with Gasteiger partial charge in [-0.15, -0.1) is 0 Å². The summed E-state index contributed by atoms with van der Waals surface area (Å²) in [4.78, 5) is 2.57. The number of rotatable bonds is 4. The van der Waals surface area contributed by atoms with Crippen LogP contribution in [0.1, 0.15) is 24.0 Å². The molecule has 0 spiro atoms. The first-order chi connectivity index (χ1) is 9.42. The maximum Gasteiger partial charge on any atom is 0.122 e. The van der Waals surface area contributed by atoms with Crippen LogP contribution in [0.15, 0.2) is 18.2 Å². The molecule has 1 aromatic rings. The van der Waals surface area contributed by atoms with Crippen LogP contribution in [0.5, 0.6) is 5.75 Å². The van der Waals surface area contributed by atoms with E-state index in [1.807, 2.05) is 0 Å². The Kier molecular flexibility index (Phi) is 4.36. The van der Waals surface area contributed by atoms with Gasteiger partial charge in [0.05, 0.1) is 6.61 Å². The van der Waals surface area contributed by atoms with E-state index in [2.05, 4.69) is 28.4 Å². The highest BCUT2D eigenvalue weighted by Crippen LogP contribution is 2.25. The van der Waals surface area contributed by atoms with Gasteiger partial charge in [-0.2, -0.15) is 0 Å². The molecule has 2 aliphatic rings. The van der Waals surface area contributed by atoms with Crippen LogP contribution < -0.4 is 10.1 Å². The molecule has 1 N–H and O–H groups in total. The summed E-state index contributed by atoms with van der Waals surface area (Å²) in [5, 5.41) is 3.40. The standard InChI is InChI=1S/C16H24N2O/c1(9-18-10-7-17-8-11-18)3-14-5-6-16-15(13-14)4-2-12-19-16/h5-6,13,17H,1-4,7-12H2. The van der Waals surface area contributed by atoms with E-state index in [1.54, 1.807) is 0 Å². The van der Waals surface area contributed by atoms with Gasteiger partial charge in [0.2, 0.25) is 0 Å². The number of nitrogens with zero attached hydrogens (tertiary/aromatic N) is 1. The fourth-order valence-electron chi connectivity index (χ4n) is 3.01. The largest absolute Gasteiger partial charge is 0.493 e. The van der Waals surface area contributed by atoms with E-state index in [0.29, 0.717) is 0 Å². The molecule has 3 rings (SSSR count). The second-order valence-electron chi connectivity index (χ2n) is 5.59. The van der Waals surface area contributed by atoms with Crippen LogP contribution in [0, 0.1) is 0 Å². The number of aryl methyl sites for hydroxylation is 2. The summed E-state index contributed by atoms with van der Waals surface area (Å²) in [5.74, 6) is 1.11. The van der Waals surface area contributed by atoms with E-state index in [0.717, 1.165) is 31.9 Å². The first-order valence-electron chi connectivity index (χ1n) is 7.59. The molecule has 0 amide bonds. The second kappa shape index (κ2) is 6.40. The Morgan fingerprint density at radius 2 is 2.11 bits per heavy atom. The summed E-state index contributed by atoms with van der Waals surface area (Å²) in [6.07, 6.45) is 4.80. The summed E-state index contributed by atoms with van der Waals surface area (Å²) in [6, 6.07) is 6.75. The molecule has 0 saturated carbocycles. The number of benzene rings is 1. The molecule has 0 bridgehead atoms. The minimum atomic E-state index is 0.884. The van der Waals surface area contributed by atoms with Crippen LogP contribution in [-0.4, -0.2) is 44.2 Å². The average Bonchev–Trinajstić information content (AvgIpc) is 2.48. The van der Waals surface area contributed by atoms with Crippen molar-refractivity contribution < 1.29 is 4.74 Å². The van der Waals surface area contributed by atoms with E-state index in [1.165, 1.54) is 50.0 Å². The molecular formula is C16H24N2O. The van der Waals surface area contributed by atoms with Crippen LogP contribution in [0.25, 0.3) is 0 Å². The number of fused-ring (bicyclic) bond motifs is 1. The van der Waals surface area contributed by atoms with E-state index >= 15 is 0 Å². The Bertz CT molecular complexity index is 413. The van der Waals surface area contributed by atoms with Crippen LogP contribution in [0.4, 0.5) is 0 Å². The Morgan fingerprint density at radius 1 is 1.21 bits per heavy atom. The van der Waals surface area contributed by atoms with Crippen molar-refractivity contribution in [2.75, 3.05) is 39.3 Å². The van der Waals surface area contributed by atoms with Crippen molar-refractivity contribution in [1.82, 2.24) is 10.2 Å². The maximum absolute atomic E-state index is 5.66. The van der Waals surface area contributed by atoms with E-state index < -0.39 is 0 Å². The summed E-state index contributed by atoms with van der Waals surface area (Å²) >= 11 is 0. The van der Waals surface area contributed by atoms with Gasteiger partial charge in [0.25, 0.3) is 0 Å². The van der Waals surface area contributed by atoms with Crippen LogP contribution in [0.2, 0.25) is 0 Å². The highest BCUT2D eigenvalue weighted by Gasteiger charge is 2.11. The lowest BCUT2D eigenvalue weighted by Crippen LogP contribution is -2.43. The van der Waals surface area contributed by atoms with Crippen molar-refractivity contribution in [1.29, 1.82) is 0 Å². The second-order valence-corrected chi connectivity index (χ2v) is 5.59. The molecule has 104 valence electrons. The number of hydrogen-bond donors (Lipinski definition) is 1. The van der Waals surface area contributed by atoms with Gasteiger partial charge in [0.1, 0.15) is 5.75 Å². The van der Waals surface area contributed by atoms with Gasteiger partial charge < -0.3 is 15.0 Å². The molecule has 19 heavy (non-hydrogen) atoms. The zero-order valence-corrected chi connectivity index (χ0v) is 11.7. The Morgan fingerprint density at radius 3 is 3.00 bits per heavy atom. The molecule has 1 fully saturated rings. The molecule has 0 aromatic heterocycles. The molecule has 0 atom stereocenters. The molecular weight excluding hydrogens is 236 g/mol. The number of hydrogen-bond acceptors (Lipinski definition) is 3. The van der Waals surface area contributed by atoms with E-state index in [9.17, 15) is 0 Å². The maximum atomic E-state index is 5.66. The number of nitrogens with one attached hydrogen (secondary N) is 1. The smallest absolute Gasteiger partial charge is 0.122 e. The summed E-state index contributed by atoms with van der Waals surface area (Å²) in [6.45, 7) is 6.83. The first kappa shape index (κ1) is 12.9. The van der Waals surface area contributed by atoms with Crippen LogP contribution in [0.3, 0.4) is 0 Å². The minimum absolute atomic E-state index is 0.884. The summed E-state index contributed by atoms with van der Waals surface area (Å²) in [7, 11) is 0. The van der Waals surface area contributed by atoms with Gasteiger partial charge in [-0.1, -0.05) is 12.1 Å². The van der Waals surface area contributed by atoms with Gasteiger partial charge in [-0.3, -0.25) is 0 Å². The lowest BCUT2D eigenvalue weighted by molar-refractivity contribution is 0.238. The topological polar surface area (TPSA) is 24.5 Å². The van der Waals surface area contributed by atoms with E-state index in [-0.39, 0.29) is 0 Å². The Labute approximate surface area is 115 Å². The monoisotopic (exact) mass is 260 g/mol. The average molecular weight is 260 g/mol. The lowest BCUT2D eigenvalue weighted by atomic mass is 10.0. The van der Waals surface area contributed by atoms with Crippen molar-refractivity contribution in [3.05, 3.63) is 29.3 Å². The van der Waals surface area contributed by atoms with Crippen molar-refractivity contribution in [3.8, 4) is 5.75 Å². The quantitative estimate of drug-likeness (QED) is 0.894. The normalized spacial score (nSPS) is 19.8. The predicted molar refractivity (Wildman–Crippen MR) is 77.9 cm³/mol. The minimum Gasteiger partial charge on any atom is -0.493 e. The van der Waals surface area contributed by atoms with Crippen molar-refractivity contribution in [3.63, 3.8) is 0 Å². The van der Waals surface area contributed by atoms with Crippen LogP contribution in [-0.2, 0) is 12.8 Å². The SMILES string of the molecule is c1cc2c(cc1CCCN1CCNCC1)CCCO2. The third-order valence-corrected chi connectivity index (χ3v) is 4.12. The van der Waals surface area contributed by atoms with Gasteiger partial charge >= 0.3 is 0 Å².